The van der Waals surface area contributed by atoms with Crippen molar-refractivity contribution in [3.05, 3.63) is 53.1 Å². The number of nitrogens with one attached hydrogen (secondary N) is 1. The summed E-state index contributed by atoms with van der Waals surface area (Å²) in [6, 6.07) is 5.12. The fourth-order valence-electron chi connectivity index (χ4n) is 1.84. The van der Waals surface area contributed by atoms with Crippen molar-refractivity contribution in [2.75, 3.05) is 7.05 Å². The SMILES string of the molecule is CNC(C)c1cnn(Cc2cc(F)ccc2C)c1. The van der Waals surface area contributed by atoms with E-state index in [9.17, 15) is 4.39 Å². The Labute approximate surface area is 107 Å². The predicted molar refractivity (Wildman–Crippen MR) is 69.9 cm³/mol. The Morgan fingerprint density at radius 2 is 2.22 bits per heavy atom. The number of hydrogen-bond acceptors (Lipinski definition) is 2. The smallest absolute Gasteiger partial charge is 0.123 e. The van der Waals surface area contributed by atoms with Gasteiger partial charge in [-0.25, -0.2) is 4.39 Å². The van der Waals surface area contributed by atoms with Crippen molar-refractivity contribution >= 4 is 0 Å². The third-order valence-electron chi connectivity index (χ3n) is 3.23. The van der Waals surface area contributed by atoms with Gasteiger partial charge in [-0.3, -0.25) is 4.68 Å². The molecule has 0 fully saturated rings. The number of aryl methyl sites for hydroxylation is 1. The normalized spacial score (nSPS) is 12.7. The van der Waals surface area contributed by atoms with E-state index in [2.05, 4.69) is 17.3 Å². The summed E-state index contributed by atoms with van der Waals surface area (Å²) in [4.78, 5) is 0. The third-order valence-corrected chi connectivity index (χ3v) is 3.23. The second kappa shape index (κ2) is 5.31. The van der Waals surface area contributed by atoms with Gasteiger partial charge in [-0.05, 0) is 44.2 Å². The maximum atomic E-state index is 13.2. The molecule has 0 saturated carbocycles. The minimum atomic E-state index is -0.202. The molecule has 18 heavy (non-hydrogen) atoms. The van der Waals surface area contributed by atoms with Crippen LogP contribution in [-0.2, 0) is 6.54 Å². The minimum Gasteiger partial charge on any atom is -0.313 e. The topological polar surface area (TPSA) is 29.9 Å². The van der Waals surface area contributed by atoms with Crippen LogP contribution in [0.15, 0.2) is 30.6 Å². The number of rotatable bonds is 4. The van der Waals surface area contributed by atoms with E-state index in [1.807, 2.05) is 31.0 Å². The van der Waals surface area contributed by atoms with Crippen molar-refractivity contribution in [2.24, 2.45) is 0 Å². The largest absolute Gasteiger partial charge is 0.313 e. The summed E-state index contributed by atoms with van der Waals surface area (Å²) >= 11 is 0. The zero-order valence-corrected chi connectivity index (χ0v) is 10.9. The van der Waals surface area contributed by atoms with Crippen molar-refractivity contribution in [3.8, 4) is 0 Å². The van der Waals surface area contributed by atoms with Gasteiger partial charge in [0, 0.05) is 17.8 Å². The first-order valence-electron chi connectivity index (χ1n) is 6.05. The summed E-state index contributed by atoms with van der Waals surface area (Å²) in [5.41, 5.74) is 3.17. The second-order valence-corrected chi connectivity index (χ2v) is 4.55. The van der Waals surface area contributed by atoms with Gasteiger partial charge in [0.15, 0.2) is 0 Å². The van der Waals surface area contributed by atoms with Crippen LogP contribution in [-0.4, -0.2) is 16.8 Å². The van der Waals surface area contributed by atoms with Gasteiger partial charge in [-0.2, -0.15) is 5.10 Å². The molecule has 96 valence electrons. The first kappa shape index (κ1) is 12.8. The molecule has 0 aliphatic rings. The lowest BCUT2D eigenvalue weighted by molar-refractivity contribution is 0.617. The van der Waals surface area contributed by atoms with Gasteiger partial charge in [-0.15, -0.1) is 0 Å². The molecule has 0 radical (unpaired) electrons. The molecule has 1 aromatic carbocycles. The van der Waals surface area contributed by atoms with Crippen LogP contribution in [0.5, 0.6) is 0 Å². The van der Waals surface area contributed by atoms with Gasteiger partial charge in [0.2, 0.25) is 0 Å². The van der Waals surface area contributed by atoms with E-state index in [1.165, 1.54) is 6.07 Å². The van der Waals surface area contributed by atoms with Gasteiger partial charge in [0.1, 0.15) is 5.82 Å². The molecular weight excluding hydrogens is 229 g/mol. The van der Waals surface area contributed by atoms with Crippen molar-refractivity contribution in [1.29, 1.82) is 0 Å². The standard InChI is InChI=1S/C14H18FN3/c1-10-4-5-14(15)6-12(10)8-18-9-13(7-17-18)11(2)16-3/h4-7,9,11,16H,8H2,1-3H3. The first-order chi connectivity index (χ1) is 8.60. The van der Waals surface area contributed by atoms with E-state index in [-0.39, 0.29) is 11.9 Å². The molecule has 2 aromatic rings. The fraction of sp³-hybridized carbons (Fsp3) is 0.357. The van der Waals surface area contributed by atoms with Crippen LogP contribution in [0.4, 0.5) is 4.39 Å². The monoisotopic (exact) mass is 247 g/mol. The lowest BCUT2D eigenvalue weighted by Gasteiger charge is -2.07. The molecule has 1 heterocycles. The van der Waals surface area contributed by atoms with Gasteiger partial charge in [0.25, 0.3) is 0 Å². The Bertz CT molecular complexity index is 534. The van der Waals surface area contributed by atoms with Crippen LogP contribution in [0, 0.1) is 12.7 Å². The van der Waals surface area contributed by atoms with Crippen molar-refractivity contribution < 1.29 is 4.39 Å². The Morgan fingerprint density at radius 3 is 2.94 bits per heavy atom. The highest BCUT2D eigenvalue weighted by Gasteiger charge is 2.07. The molecule has 0 spiro atoms. The Balaban J connectivity index is 2.18. The number of nitrogens with zero attached hydrogens (tertiary/aromatic N) is 2. The molecule has 4 heteroatoms. The van der Waals surface area contributed by atoms with Gasteiger partial charge in [-0.1, -0.05) is 6.07 Å². The van der Waals surface area contributed by atoms with E-state index < -0.39 is 0 Å². The summed E-state index contributed by atoms with van der Waals surface area (Å²) in [6.45, 7) is 4.66. The van der Waals surface area contributed by atoms with E-state index in [4.69, 9.17) is 0 Å². The molecule has 1 N–H and O–H groups in total. The van der Waals surface area contributed by atoms with Gasteiger partial charge >= 0.3 is 0 Å². The molecule has 1 atom stereocenters. The molecular formula is C14H18FN3. The molecule has 0 amide bonds. The highest BCUT2D eigenvalue weighted by molar-refractivity contribution is 5.27. The van der Waals surface area contributed by atoms with E-state index in [1.54, 1.807) is 12.1 Å². The highest BCUT2D eigenvalue weighted by Crippen LogP contribution is 2.14. The molecule has 1 aromatic heterocycles. The predicted octanol–water partition coefficient (Wildman–Crippen LogP) is 2.66. The van der Waals surface area contributed by atoms with Crippen molar-refractivity contribution in [2.45, 2.75) is 26.4 Å². The van der Waals surface area contributed by atoms with Crippen LogP contribution in [0.1, 0.15) is 29.7 Å². The summed E-state index contributed by atoms with van der Waals surface area (Å²) < 4.78 is 15.0. The van der Waals surface area contributed by atoms with Crippen molar-refractivity contribution in [3.63, 3.8) is 0 Å². The maximum absolute atomic E-state index is 13.2. The van der Waals surface area contributed by atoms with E-state index in [0.717, 1.165) is 16.7 Å². The maximum Gasteiger partial charge on any atom is 0.123 e. The first-order valence-corrected chi connectivity index (χ1v) is 6.05. The molecule has 0 bridgehead atoms. The molecule has 2 rings (SSSR count). The van der Waals surface area contributed by atoms with Crippen LogP contribution in [0.25, 0.3) is 0 Å². The lowest BCUT2D eigenvalue weighted by Crippen LogP contribution is -2.11. The zero-order chi connectivity index (χ0) is 13.1. The number of aromatic nitrogens is 2. The van der Waals surface area contributed by atoms with E-state index in [0.29, 0.717) is 6.54 Å². The summed E-state index contributed by atoms with van der Waals surface area (Å²) in [6.07, 6.45) is 3.83. The quantitative estimate of drug-likeness (QED) is 0.900. The van der Waals surface area contributed by atoms with Gasteiger partial charge in [0.05, 0.1) is 12.7 Å². The molecule has 0 saturated heterocycles. The average Bonchev–Trinajstić information content (AvgIpc) is 2.81. The van der Waals surface area contributed by atoms with Crippen LogP contribution in [0.3, 0.4) is 0 Å². The van der Waals surface area contributed by atoms with Crippen molar-refractivity contribution in [1.82, 2.24) is 15.1 Å². The molecule has 0 aliphatic heterocycles. The zero-order valence-electron chi connectivity index (χ0n) is 10.9. The minimum absolute atomic E-state index is 0.202. The third kappa shape index (κ3) is 2.76. The summed E-state index contributed by atoms with van der Waals surface area (Å²) in [7, 11) is 1.92. The second-order valence-electron chi connectivity index (χ2n) is 4.55. The Morgan fingerprint density at radius 1 is 1.44 bits per heavy atom. The number of benzene rings is 1. The molecule has 0 aliphatic carbocycles. The van der Waals surface area contributed by atoms with Crippen LogP contribution < -0.4 is 5.32 Å². The Hall–Kier alpha value is -1.68. The molecule has 1 unspecified atom stereocenters. The lowest BCUT2D eigenvalue weighted by atomic mass is 10.1. The average molecular weight is 247 g/mol. The van der Waals surface area contributed by atoms with Crippen LogP contribution >= 0.6 is 0 Å². The van der Waals surface area contributed by atoms with Crippen LogP contribution in [0.2, 0.25) is 0 Å². The highest BCUT2D eigenvalue weighted by atomic mass is 19.1. The fourth-order valence-corrected chi connectivity index (χ4v) is 1.84. The van der Waals surface area contributed by atoms with Gasteiger partial charge < -0.3 is 5.32 Å². The number of hydrogen-bond donors (Lipinski definition) is 1. The summed E-state index contributed by atoms with van der Waals surface area (Å²) in [5, 5.41) is 7.47. The van der Waals surface area contributed by atoms with E-state index >= 15 is 0 Å². The molecule has 3 nitrogen and oxygen atoms in total. The Kier molecular flexibility index (Phi) is 3.77. The number of halogens is 1. The summed E-state index contributed by atoms with van der Waals surface area (Å²) in [5.74, 6) is -0.202.